The lowest BCUT2D eigenvalue weighted by atomic mass is 9.93. The number of hydrogen-bond donors (Lipinski definition) is 0. The Morgan fingerprint density at radius 3 is 2.37 bits per heavy atom. The maximum atomic E-state index is 9.44. The fraction of sp³-hybridized carbons (Fsp3) is 0.238. The van der Waals surface area contributed by atoms with Gasteiger partial charge in [0.05, 0.1) is 17.0 Å². The van der Waals surface area contributed by atoms with Gasteiger partial charge in [-0.1, -0.05) is 28.9 Å². The van der Waals surface area contributed by atoms with Crippen LogP contribution < -0.4 is 0 Å². The molecule has 0 amide bonds. The molecule has 0 saturated carbocycles. The molecule has 2 aromatic heterocycles. The predicted octanol–water partition coefficient (Wildman–Crippen LogP) is 4.95. The lowest BCUT2D eigenvalue weighted by molar-refractivity contribution is -0.114. The molecule has 0 N–H and O–H groups in total. The third kappa shape index (κ3) is 3.98. The molecule has 0 atom stereocenters. The lowest BCUT2D eigenvalue weighted by Gasteiger charge is -2.12. The molecule has 1 aromatic carbocycles. The van der Waals surface area contributed by atoms with Gasteiger partial charge in [-0.3, -0.25) is 9.98 Å². The third-order valence-electron chi connectivity index (χ3n) is 4.08. The molecule has 138 valence electrons. The largest absolute Gasteiger partial charge is 0.358 e. The summed E-state index contributed by atoms with van der Waals surface area (Å²) in [6.07, 6.45) is 1.81. The first-order valence-corrected chi connectivity index (χ1v) is 8.95. The molecule has 6 heteroatoms. The molecule has 1 aliphatic heterocycles. The van der Waals surface area contributed by atoms with Gasteiger partial charge in [0.15, 0.2) is 5.76 Å². The van der Waals surface area contributed by atoms with Crippen molar-refractivity contribution in [2.45, 2.75) is 34.2 Å². The second kappa shape index (κ2) is 7.84. The molecule has 1 aliphatic rings. The number of pyridine rings is 1. The number of fused-ring (bicyclic) bond motifs is 3. The van der Waals surface area contributed by atoms with Crippen LogP contribution in [-0.2, 0) is 11.3 Å². The summed E-state index contributed by atoms with van der Waals surface area (Å²) in [6, 6.07) is 9.72. The first-order valence-electron chi connectivity index (χ1n) is 8.57. The highest BCUT2D eigenvalue weighted by atomic mass is 35.5. The molecule has 0 aliphatic carbocycles. The highest BCUT2D eigenvalue weighted by Gasteiger charge is 2.25. The minimum absolute atomic E-state index is 0.167. The first-order chi connectivity index (χ1) is 12.9. The Bertz CT molecular complexity index is 1020. The fourth-order valence-corrected chi connectivity index (χ4v) is 3.14. The van der Waals surface area contributed by atoms with E-state index < -0.39 is 0 Å². The van der Waals surface area contributed by atoms with E-state index in [4.69, 9.17) is 21.1 Å². The standard InChI is InChI=1S/C18H14ClN3O.C3H6O/c1-10-17-14(7-8-20-10)16-11(2)22-23-15(16)9-21-18(17)12-3-5-13(19)6-4-12;1-3(2)4/h3-8H,9H2,1-2H3;1-2H3. The monoisotopic (exact) mass is 381 g/mol. The van der Waals surface area contributed by atoms with Crippen LogP contribution in [-0.4, -0.2) is 21.6 Å². The molecule has 27 heavy (non-hydrogen) atoms. The summed E-state index contributed by atoms with van der Waals surface area (Å²) in [7, 11) is 0. The zero-order valence-electron chi connectivity index (χ0n) is 15.7. The van der Waals surface area contributed by atoms with Gasteiger partial charge >= 0.3 is 0 Å². The van der Waals surface area contributed by atoms with Crippen LogP contribution in [0.3, 0.4) is 0 Å². The second-order valence-corrected chi connectivity index (χ2v) is 6.90. The predicted molar refractivity (Wildman–Crippen MR) is 106 cm³/mol. The normalized spacial score (nSPS) is 12.1. The molecule has 0 radical (unpaired) electrons. The van der Waals surface area contributed by atoms with Crippen LogP contribution in [0.25, 0.3) is 11.1 Å². The van der Waals surface area contributed by atoms with Gasteiger partial charge in [-0.2, -0.15) is 0 Å². The van der Waals surface area contributed by atoms with Gasteiger partial charge in [-0.15, -0.1) is 0 Å². The summed E-state index contributed by atoms with van der Waals surface area (Å²) in [4.78, 5) is 18.7. The van der Waals surface area contributed by atoms with Gasteiger partial charge in [-0.25, -0.2) is 0 Å². The summed E-state index contributed by atoms with van der Waals surface area (Å²) in [5, 5.41) is 4.80. The molecule has 4 rings (SSSR count). The molecule has 5 nitrogen and oxygen atoms in total. The summed E-state index contributed by atoms with van der Waals surface area (Å²) >= 11 is 6.02. The van der Waals surface area contributed by atoms with E-state index in [1.165, 1.54) is 13.8 Å². The number of aliphatic imine (C=N–C) groups is 1. The van der Waals surface area contributed by atoms with Crippen LogP contribution >= 0.6 is 11.6 Å². The molecule has 3 aromatic rings. The van der Waals surface area contributed by atoms with Gasteiger partial charge in [0.2, 0.25) is 0 Å². The van der Waals surface area contributed by atoms with Crippen LogP contribution in [0.2, 0.25) is 5.02 Å². The van der Waals surface area contributed by atoms with Crippen LogP contribution in [0.4, 0.5) is 0 Å². The SMILES string of the molecule is CC(C)=O.Cc1nccc2c1C(c1ccc(Cl)cc1)=NCc1onc(C)c1-2. The minimum Gasteiger partial charge on any atom is -0.358 e. The van der Waals surface area contributed by atoms with Crippen molar-refractivity contribution in [2.24, 2.45) is 4.99 Å². The van der Waals surface area contributed by atoms with Crippen molar-refractivity contribution >= 4 is 23.1 Å². The van der Waals surface area contributed by atoms with E-state index >= 15 is 0 Å². The lowest BCUT2D eigenvalue weighted by Crippen LogP contribution is -2.08. The Balaban J connectivity index is 0.000000481. The molecule has 0 unspecified atom stereocenters. The van der Waals surface area contributed by atoms with Gasteiger partial charge < -0.3 is 9.32 Å². The van der Waals surface area contributed by atoms with Gasteiger partial charge in [0.1, 0.15) is 12.3 Å². The average Bonchev–Trinajstić information content (AvgIpc) is 2.88. The van der Waals surface area contributed by atoms with Crippen LogP contribution in [0.5, 0.6) is 0 Å². The smallest absolute Gasteiger partial charge is 0.166 e. The van der Waals surface area contributed by atoms with Crippen LogP contribution in [0.15, 0.2) is 46.0 Å². The number of ketones is 1. The topological polar surface area (TPSA) is 68.3 Å². The molecule has 0 fully saturated rings. The van der Waals surface area contributed by atoms with Crippen molar-refractivity contribution in [1.82, 2.24) is 10.1 Å². The number of carbonyl (C=O) groups is 1. The number of hydrogen-bond acceptors (Lipinski definition) is 5. The minimum atomic E-state index is 0.167. The van der Waals surface area contributed by atoms with Crippen molar-refractivity contribution in [3.05, 3.63) is 69.8 Å². The number of nitrogens with zero attached hydrogens (tertiary/aromatic N) is 3. The van der Waals surface area contributed by atoms with Gasteiger partial charge in [0, 0.05) is 28.0 Å². The Morgan fingerprint density at radius 1 is 1.04 bits per heavy atom. The van der Waals surface area contributed by atoms with Crippen LogP contribution in [0.1, 0.15) is 42.1 Å². The van der Waals surface area contributed by atoms with E-state index in [9.17, 15) is 4.79 Å². The Kier molecular flexibility index (Phi) is 5.51. The highest BCUT2D eigenvalue weighted by Crippen LogP contribution is 2.35. The second-order valence-electron chi connectivity index (χ2n) is 6.47. The number of rotatable bonds is 1. The molecule has 3 heterocycles. The number of carbonyl (C=O) groups excluding carboxylic acids is 1. The van der Waals surface area contributed by atoms with E-state index in [1.807, 2.05) is 50.4 Å². The Labute approximate surface area is 163 Å². The van der Waals surface area contributed by atoms with E-state index in [0.717, 1.165) is 45.1 Å². The third-order valence-corrected chi connectivity index (χ3v) is 4.33. The molecule has 0 spiro atoms. The molecule has 0 bridgehead atoms. The van der Waals surface area contributed by atoms with Gasteiger partial charge in [0.25, 0.3) is 0 Å². The maximum absolute atomic E-state index is 9.44. The number of Topliss-reactive ketones (excluding diaryl/α,β-unsaturated/α-hetero) is 1. The number of aryl methyl sites for hydroxylation is 2. The molecule has 0 saturated heterocycles. The number of benzene rings is 1. The fourth-order valence-electron chi connectivity index (χ4n) is 3.02. The van der Waals surface area contributed by atoms with Crippen molar-refractivity contribution in [3.8, 4) is 11.1 Å². The zero-order chi connectivity index (χ0) is 19.6. The van der Waals surface area contributed by atoms with E-state index in [0.29, 0.717) is 11.6 Å². The van der Waals surface area contributed by atoms with E-state index in [1.54, 1.807) is 0 Å². The Morgan fingerprint density at radius 2 is 1.70 bits per heavy atom. The van der Waals surface area contributed by atoms with E-state index in [2.05, 4.69) is 10.1 Å². The quantitative estimate of drug-likeness (QED) is 0.597. The molecular formula is C21H20ClN3O2. The zero-order valence-corrected chi connectivity index (χ0v) is 16.5. The summed E-state index contributed by atoms with van der Waals surface area (Å²) in [5.41, 5.74) is 6.86. The van der Waals surface area contributed by atoms with Gasteiger partial charge in [-0.05, 0) is 51.5 Å². The Hall–Kier alpha value is -2.79. The van der Waals surface area contributed by atoms with Crippen molar-refractivity contribution < 1.29 is 9.32 Å². The summed E-state index contributed by atoms with van der Waals surface area (Å²) < 4.78 is 5.47. The first kappa shape index (κ1) is 19.0. The molecular weight excluding hydrogens is 362 g/mol. The van der Waals surface area contributed by atoms with Crippen molar-refractivity contribution in [3.63, 3.8) is 0 Å². The van der Waals surface area contributed by atoms with Crippen LogP contribution in [0, 0.1) is 13.8 Å². The van der Waals surface area contributed by atoms with Crippen molar-refractivity contribution in [2.75, 3.05) is 0 Å². The maximum Gasteiger partial charge on any atom is 0.166 e. The van der Waals surface area contributed by atoms with Crippen molar-refractivity contribution in [1.29, 1.82) is 0 Å². The average molecular weight is 382 g/mol. The number of halogens is 1. The summed E-state index contributed by atoms with van der Waals surface area (Å²) in [5.74, 6) is 0.957. The number of aromatic nitrogens is 2. The highest BCUT2D eigenvalue weighted by molar-refractivity contribution is 6.30. The summed E-state index contributed by atoms with van der Waals surface area (Å²) in [6.45, 7) is 7.47. The van der Waals surface area contributed by atoms with E-state index in [-0.39, 0.29) is 5.78 Å².